The summed E-state index contributed by atoms with van der Waals surface area (Å²) >= 11 is 0. The van der Waals surface area contributed by atoms with Crippen LogP contribution in [0.25, 0.3) is 17.2 Å². The molecule has 3 heterocycles. The third kappa shape index (κ3) is 3.16. The number of aliphatic imine (C=N–C) groups is 1. The molecule has 1 aliphatic heterocycles. The maximum absolute atomic E-state index is 4.67. The minimum Gasteiger partial charge on any atom is -0.261 e. The number of hydrogen-bond donors (Lipinski definition) is 1. The molecule has 0 bridgehead atoms. The number of nitrogens with one attached hydrogen (secondary N) is 1. The molecule has 1 saturated carbocycles. The van der Waals surface area contributed by atoms with Gasteiger partial charge in [-0.3, -0.25) is 10.1 Å². The molecule has 1 aliphatic carbocycles. The van der Waals surface area contributed by atoms with Gasteiger partial charge in [-0.05, 0) is 43.7 Å². The number of pyridine rings is 1. The molecule has 1 atom stereocenters. The standard InChI is InChI=1S/C19H23N5/c1-13-16(6-7-17(23-13)19-21-12-22-24-19)18-11-15(8-9-20-18)10-14-4-2-3-5-14/h6-7,9,11-12,14-15H,2-5,8,10H2,1H3,(H,21,22,24). The van der Waals surface area contributed by atoms with E-state index in [0.29, 0.717) is 11.7 Å². The highest BCUT2D eigenvalue weighted by molar-refractivity contribution is 5.78. The zero-order chi connectivity index (χ0) is 16.4. The number of H-pyrrole nitrogens is 1. The first-order chi connectivity index (χ1) is 11.8. The van der Waals surface area contributed by atoms with Crippen molar-refractivity contribution < 1.29 is 0 Å². The molecule has 0 amide bonds. The van der Waals surface area contributed by atoms with Gasteiger partial charge in [-0.2, -0.15) is 5.10 Å². The van der Waals surface area contributed by atoms with Gasteiger partial charge >= 0.3 is 0 Å². The van der Waals surface area contributed by atoms with Crippen molar-refractivity contribution in [3.05, 3.63) is 35.8 Å². The second kappa shape index (κ2) is 6.67. The molecule has 2 aromatic heterocycles. The van der Waals surface area contributed by atoms with Gasteiger partial charge in [-0.25, -0.2) is 9.97 Å². The molecule has 2 aliphatic rings. The van der Waals surface area contributed by atoms with E-state index in [1.54, 1.807) is 0 Å². The van der Waals surface area contributed by atoms with Gasteiger partial charge in [0.2, 0.25) is 0 Å². The molecule has 24 heavy (non-hydrogen) atoms. The first-order valence-corrected chi connectivity index (χ1v) is 8.87. The molecule has 0 radical (unpaired) electrons. The first kappa shape index (κ1) is 15.2. The Morgan fingerprint density at radius 2 is 2.08 bits per heavy atom. The van der Waals surface area contributed by atoms with Crippen molar-refractivity contribution in [2.45, 2.75) is 45.4 Å². The second-order valence-corrected chi connectivity index (χ2v) is 6.91. The highest BCUT2D eigenvalue weighted by Gasteiger charge is 2.21. The van der Waals surface area contributed by atoms with Crippen LogP contribution in [0.3, 0.4) is 0 Å². The smallest absolute Gasteiger partial charge is 0.174 e. The Balaban J connectivity index is 1.55. The molecule has 0 spiro atoms. The van der Waals surface area contributed by atoms with E-state index in [-0.39, 0.29) is 0 Å². The van der Waals surface area contributed by atoms with Crippen LogP contribution in [-0.4, -0.2) is 26.4 Å². The Bertz CT molecular complexity index is 754. The SMILES string of the molecule is Cc1nc(-c2ncn[nH]2)ccc1C1=CC(CC2CCCC2)CC=N1. The number of nitrogens with zero attached hydrogens (tertiary/aromatic N) is 4. The van der Waals surface area contributed by atoms with Crippen LogP contribution in [0, 0.1) is 18.8 Å². The summed E-state index contributed by atoms with van der Waals surface area (Å²) in [4.78, 5) is 13.5. The van der Waals surface area contributed by atoms with Gasteiger partial charge in [0, 0.05) is 17.5 Å². The van der Waals surface area contributed by atoms with Crippen molar-refractivity contribution >= 4 is 11.9 Å². The Labute approximate surface area is 142 Å². The molecule has 4 rings (SSSR count). The Kier molecular flexibility index (Phi) is 4.24. The van der Waals surface area contributed by atoms with Gasteiger partial charge < -0.3 is 0 Å². The zero-order valence-corrected chi connectivity index (χ0v) is 14.1. The Hall–Kier alpha value is -2.30. The molecule has 5 heteroatoms. The van der Waals surface area contributed by atoms with E-state index in [4.69, 9.17) is 0 Å². The predicted octanol–water partition coefficient (Wildman–Crippen LogP) is 4.19. The van der Waals surface area contributed by atoms with Crippen molar-refractivity contribution in [3.63, 3.8) is 0 Å². The average Bonchev–Trinajstić information content (AvgIpc) is 3.29. The lowest BCUT2D eigenvalue weighted by molar-refractivity contribution is 0.433. The minimum atomic E-state index is 0.619. The summed E-state index contributed by atoms with van der Waals surface area (Å²) < 4.78 is 0. The lowest BCUT2D eigenvalue weighted by Crippen LogP contribution is -2.09. The topological polar surface area (TPSA) is 66.8 Å². The van der Waals surface area contributed by atoms with E-state index in [1.165, 1.54) is 38.4 Å². The molecular formula is C19H23N5. The van der Waals surface area contributed by atoms with Crippen molar-refractivity contribution in [1.29, 1.82) is 0 Å². The molecule has 1 N–H and O–H groups in total. The normalized spacial score (nSPS) is 21.2. The predicted molar refractivity (Wildman–Crippen MR) is 95.5 cm³/mol. The molecule has 5 nitrogen and oxygen atoms in total. The van der Waals surface area contributed by atoms with Gasteiger partial charge in [-0.15, -0.1) is 0 Å². The van der Waals surface area contributed by atoms with Crippen LogP contribution in [0.15, 0.2) is 29.5 Å². The summed E-state index contributed by atoms with van der Waals surface area (Å²) in [7, 11) is 0. The fraction of sp³-hybridized carbons (Fsp3) is 0.474. The third-order valence-corrected chi connectivity index (χ3v) is 5.16. The maximum atomic E-state index is 4.67. The van der Waals surface area contributed by atoms with Gasteiger partial charge in [0.25, 0.3) is 0 Å². The zero-order valence-electron chi connectivity index (χ0n) is 14.1. The lowest BCUT2D eigenvalue weighted by atomic mass is 9.88. The summed E-state index contributed by atoms with van der Waals surface area (Å²) in [5.74, 6) is 2.23. The fourth-order valence-corrected chi connectivity index (χ4v) is 3.91. The van der Waals surface area contributed by atoms with Gasteiger partial charge in [0.15, 0.2) is 5.82 Å². The molecule has 2 aromatic rings. The van der Waals surface area contributed by atoms with Crippen LogP contribution in [-0.2, 0) is 0 Å². The second-order valence-electron chi connectivity index (χ2n) is 6.91. The Morgan fingerprint density at radius 3 is 2.83 bits per heavy atom. The average molecular weight is 321 g/mol. The van der Waals surface area contributed by atoms with E-state index >= 15 is 0 Å². The lowest BCUT2D eigenvalue weighted by Gasteiger charge is -2.20. The number of allylic oxidation sites excluding steroid dienone is 1. The quantitative estimate of drug-likeness (QED) is 0.918. The van der Waals surface area contributed by atoms with Crippen molar-refractivity contribution in [1.82, 2.24) is 20.2 Å². The van der Waals surface area contributed by atoms with E-state index < -0.39 is 0 Å². The third-order valence-electron chi connectivity index (χ3n) is 5.16. The minimum absolute atomic E-state index is 0.619. The number of rotatable bonds is 4. The van der Waals surface area contributed by atoms with Crippen molar-refractivity contribution in [3.8, 4) is 11.5 Å². The molecular weight excluding hydrogens is 298 g/mol. The van der Waals surface area contributed by atoms with Gasteiger partial charge in [0.05, 0.1) is 5.70 Å². The largest absolute Gasteiger partial charge is 0.261 e. The summed E-state index contributed by atoms with van der Waals surface area (Å²) in [6, 6.07) is 4.08. The summed E-state index contributed by atoms with van der Waals surface area (Å²) in [5, 5.41) is 6.75. The van der Waals surface area contributed by atoms with Crippen LogP contribution < -0.4 is 0 Å². The molecule has 0 saturated heterocycles. The van der Waals surface area contributed by atoms with Crippen LogP contribution in [0.1, 0.15) is 49.8 Å². The van der Waals surface area contributed by atoms with E-state index in [1.807, 2.05) is 13.0 Å². The molecule has 124 valence electrons. The molecule has 1 unspecified atom stereocenters. The molecule has 1 fully saturated rings. The van der Waals surface area contributed by atoms with Crippen LogP contribution >= 0.6 is 0 Å². The highest BCUT2D eigenvalue weighted by atomic mass is 15.2. The maximum Gasteiger partial charge on any atom is 0.174 e. The number of hydrogen-bond acceptors (Lipinski definition) is 4. The fourth-order valence-electron chi connectivity index (χ4n) is 3.91. The Morgan fingerprint density at radius 1 is 1.21 bits per heavy atom. The number of aromatic amines is 1. The first-order valence-electron chi connectivity index (χ1n) is 8.87. The van der Waals surface area contributed by atoms with E-state index in [2.05, 4.69) is 43.5 Å². The number of aryl methyl sites for hydroxylation is 1. The van der Waals surface area contributed by atoms with Gasteiger partial charge in [0.1, 0.15) is 12.0 Å². The van der Waals surface area contributed by atoms with E-state index in [0.717, 1.165) is 35.0 Å². The van der Waals surface area contributed by atoms with Crippen molar-refractivity contribution in [2.24, 2.45) is 16.8 Å². The van der Waals surface area contributed by atoms with Gasteiger partial charge in [-0.1, -0.05) is 31.8 Å². The summed E-state index contributed by atoms with van der Waals surface area (Å²) in [6.07, 6.45) is 14.0. The monoisotopic (exact) mass is 321 g/mol. The summed E-state index contributed by atoms with van der Waals surface area (Å²) in [5.41, 5.74) is 3.98. The van der Waals surface area contributed by atoms with Crippen molar-refractivity contribution in [2.75, 3.05) is 0 Å². The van der Waals surface area contributed by atoms with Crippen LogP contribution in [0.2, 0.25) is 0 Å². The highest BCUT2D eigenvalue weighted by Crippen LogP contribution is 2.34. The van der Waals surface area contributed by atoms with Crippen LogP contribution in [0.4, 0.5) is 0 Å². The van der Waals surface area contributed by atoms with Crippen LogP contribution in [0.5, 0.6) is 0 Å². The van der Waals surface area contributed by atoms with E-state index in [9.17, 15) is 0 Å². The number of aromatic nitrogens is 4. The summed E-state index contributed by atoms with van der Waals surface area (Å²) in [6.45, 7) is 2.03. The molecule has 0 aromatic carbocycles.